The Morgan fingerprint density at radius 3 is 3.00 bits per heavy atom. The Kier molecular flexibility index (Phi) is 3.37. The predicted molar refractivity (Wildman–Crippen MR) is 73.6 cm³/mol. The van der Waals surface area contributed by atoms with Gasteiger partial charge in [-0.15, -0.1) is 0 Å². The van der Waals surface area contributed by atoms with Crippen LogP contribution in [0.15, 0.2) is 35.5 Å². The summed E-state index contributed by atoms with van der Waals surface area (Å²) in [6.45, 7) is 1.25. The van der Waals surface area contributed by atoms with Gasteiger partial charge in [-0.05, 0) is 18.9 Å². The highest BCUT2D eigenvalue weighted by atomic mass is 16.1. The number of carbonyl (C=O) groups is 1. The molecule has 0 aromatic carbocycles. The van der Waals surface area contributed by atoms with E-state index < -0.39 is 0 Å². The van der Waals surface area contributed by atoms with Gasteiger partial charge in [0.15, 0.2) is 0 Å². The van der Waals surface area contributed by atoms with Crippen molar-refractivity contribution >= 4 is 5.91 Å². The first-order chi connectivity index (χ1) is 9.74. The molecule has 0 saturated heterocycles. The first-order valence-electron chi connectivity index (χ1n) is 6.72. The average molecular weight is 272 g/mol. The monoisotopic (exact) mass is 272 g/mol. The maximum Gasteiger partial charge on any atom is 0.252 e. The summed E-state index contributed by atoms with van der Waals surface area (Å²) in [7, 11) is 0. The smallest absolute Gasteiger partial charge is 0.252 e. The molecule has 1 saturated carbocycles. The predicted octanol–water partition coefficient (Wildman–Crippen LogP) is 0.879. The van der Waals surface area contributed by atoms with E-state index in [-0.39, 0.29) is 11.5 Å². The van der Waals surface area contributed by atoms with E-state index in [2.05, 4.69) is 19.9 Å². The molecule has 2 heterocycles. The highest BCUT2D eigenvalue weighted by molar-refractivity contribution is 5.93. The van der Waals surface area contributed by atoms with Crippen LogP contribution >= 0.6 is 0 Å². The minimum absolute atomic E-state index is 0.186. The molecule has 0 bridgehead atoms. The molecular weight excluding hydrogens is 256 g/mol. The second-order valence-corrected chi connectivity index (χ2v) is 4.95. The van der Waals surface area contributed by atoms with E-state index in [9.17, 15) is 9.59 Å². The van der Waals surface area contributed by atoms with Gasteiger partial charge >= 0.3 is 0 Å². The van der Waals surface area contributed by atoms with Gasteiger partial charge in [0.2, 0.25) is 5.56 Å². The number of amides is 1. The molecule has 1 aliphatic rings. The van der Waals surface area contributed by atoms with Gasteiger partial charge in [-0.1, -0.05) is 0 Å². The number of carbonyl (C=O) groups excluding carboxylic acids is 1. The van der Waals surface area contributed by atoms with Crippen LogP contribution in [0.1, 0.15) is 34.9 Å². The number of pyridine rings is 1. The second kappa shape index (κ2) is 5.32. The molecule has 0 radical (unpaired) electrons. The van der Waals surface area contributed by atoms with Crippen LogP contribution in [0.2, 0.25) is 0 Å². The molecule has 3 rings (SSSR count). The summed E-state index contributed by atoms with van der Waals surface area (Å²) in [5, 5.41) is 2.83. The first kappa shape index (κ1) is 12.7. The molecule has 6 nitrogen and oxygen atoms in total. The molecule has 2 N–H and O–H groups in total. The Balaban J connectivity index is 1.54. The maximum absolute atomic E-state index is 11.9. The van der Waals surface area contributed by atoms with Gasteiger partial charge in [-0.3, -0.25) is 9.59 Å². The van der Waals surface area contributed by atoms with Gasteiger partial charge in [0, 0.05) is 43.7 Å². The summed E-state index contributed by atoms with van der Waals surface area (Å²) in [6.07, 6.45) is 7.59. The lowest BCUT2D eigenvalue weighted by Gasteiger charge is -2.08. The summed E-state index contributed by atoms with van der Waals surface area (Å²) in [5.74, 6) is 1.53. The third-order valence-electron chi connectivity index (χ3n) is 3.37. The average Bonchev–Trinajstić information content (AvgIpc) is 3.19. The number of nitrogens with zero attached hydrogens (tertiary/aromatic N) is 2. The molecule has 0 spiro atoms. The third kappa shape index (κ3) is 2.79. The number of imidazole rings is 1. The molecule has 104 valence electrons. The zero-order chi connectivity index (χ0) is 13.9. The minimum Gasteiger partial charge on any atom is -0.350 e. The normalized spacial score (nSPS) is 14.2. The fraction of sp³-hybridized carbons (Fsp3) is 0.357. The van der Waals surface area contributed by atoms with Crippen molar-refractivity contribution in [3.63, 3.8) is 0 Å². The number of hydrogen-bond acceptors (Lipinski definition) is 3. The second-order valence-electron chi connectivity index (χ2n) is 4.95. The van der Waals surface area contributed by atoms with Crippen molar-refractivity contribution < 1.29 is 4.79 Å². The summed E-state index contributed by atoms with van der Waals surface area (Å²) in [6, 6.07) is 2.86. The van der Waals surface area contributed by atoms with Crippen LogP contribution in [0, 0.1) is 0 Å². The lowest BCUT2D eigenvalue weighted by atomic mass is 10.2. The van der Waals surface area contributed by atoms with Crippen molar-refractivity contribution in [2.24, 2.45) is 0 Å². The van der Waals surface area contributed by atoms with Crippen LogP contribution in [-0.4, -0.2) is 27.0 Å². The SMILES string of the molecule is O=C(NCCn1ccnc1C1CC1)c1ccc(=O)[nH]c1. The fourth-order valence-electron chi connectivity index (χ4n) is 2.15. The maximum atomic E-state index is 11.9. The number of rotatable bonds is 5. The van der Waals surface area contributed by atoms with E-state index in [0.717, 1.165) is 5.82 Å². The Bertz CT molecular complexity index is 649. The van der Waals surface area contributed by atoms with Crippen LogP contribution < -0.4 is 10.9 Å². The van der Waals surface area contributed by atoms with Crippen LogP contribution in [0.4, 0.5) is 0 Å². The third-order valence-corrected chi connectivity index (χ3v) is 3.37. The van der Waals surface area contributed by atoms with E-state index in [1.165, 1.54) is 31.2 Å². The lowest BCUT2D eigenvalue weighted by molar-refractivity contribution is 0.0952. The number of aromatic nitrogens is 3. The number of nitrogens with one attached hydrogen (secondary N) is 2. The molecule has 20 heavy (non-hydrogen) atoms. The van der Waals surface area contributed by atoms with Crippen molar-refractivity contribution in [2.75, 3.05) is 6.54 Å². The highest BCUT2D eigenvalue weighted by Crippen LogP contribution is 2.38. The summed E-state index contributed by atoms with van der Waals surface area (Å²) >= 11 is 0. The molecule has 6 heteroatoms. The van der Waals surface area contributed by atoms with E-state index in [0.29, 0.717) is 24.6 Å². The lowest BCUT2D eigenvalue weighted by Crippen LogP contribution is -2.28. The Morgan fingerprint density at radius 1 is 1.45 bits per heavy atom. The molecule has 1 amide bonds. The number of H-pyrrole nitrogens is 1. The Morgan fingerprint density at radius 2 is 2.30 bits per heavy atom. The van der Waals surface area contributed by atoms with Gasteiger partial charge in [0.05, 0.1) is 5.56 Å². The van der Waals surface area contributed by atoms with Crippen molar-refractivity contribution in [1.29, 1.82) is 0 Å². The topological polar surface area (TPSA) is 79.8 Å². The molecule has 2 aromatic heterocycles. The molecule has 0 atom stereocenters. The fourth-order valence-corrected chi connectivity index (χ4v) is 2.15. The first-order valence-corrected chi connectivity index (χ1v) is 6.72. The number of hydrogen-bond donors (Lipinski definition) is 2. The standard InChI is InChI=1S/C14H16N4O2/c19-12-4-3-11(9-17-12)14(20)16-6-8-18-7-5-15-13(18)10-1-2-10/h3-5,7,9-10H,1-2,6,8H2,(H,16,20)(H,17,19). The molecule has 1 fully saturated rings. The molecule has 2 aromatic rings. The van der Waals surface area contributed by atoms with E-state index in [4.69, 9.17) is 0 Å². The quantitative estimate of drug-likeness (QED) is 0.848. The van der Waals surface area contributed by atoms with Crippen molar-refractivity contribution in [1.82, 2.24) is 19.9 Å². The Labute approximate surface area is 115 Å². The molecule has 1 aliphatic carbocycles. The largest absolute Gasteiger partial charge is 0.350 e. The van der Waals surface area contributed by atoms with E-state index in [1.807, 2.05) is 6.20 Å². The van der Waals surface area contributed by atoms with Gasteiger partial charge in [-0.2, -0.15) is 0 Å². The summed E-state index contributed by atoms with van der Waals surface area (Å²) in [4.78, 5) is 29.6. The van der Waals surface area contributed by atoms with Crippen LogP contribution in [0.3, 0.4) is 0 Å². The molecular formula is C14H16N4O2. The van der Waals surface area contributed by atoms with Crippen molar-refractivity contribution in [3.8, 4) is 0 Å². The van der Waals surface area contributed by atoms with Gasteiger partial charge < -0.3 is 14.9 Å². The van der Waals surface area contributed by atoms with Gasteiger partial charge in [-0.25, -0.2) is 4.98 Å². The summed E-state index contributed by atoms with van der Waals surface area (Å²) in [5.41, 5.74) is 0.242. The van der Waals surface area contributed by atoms with E-state index >= 15 is 0 Å². The Hall–Kier alpha value is -2.37. The van der Waals surface area contributed by atoms with E-state index in [1.54, 1.807) is 6.20 Å². The van der Waals surface area contributed by atoms with Crippen molar-refractivity contribution in [2.45, 2.75) is 25.3 Å². The van der Waals surface area contributed by atoms with Crippen LogP contribution in [0.5, 0.6) is 0 Å². The van der Waals surface area contributed by atoms with Crippen molar-refractivity contribution in [3.05, 3.63) is 52.5 Å². The number of aromatic amines is 1. The minimum atomic E-state index is -0.214. The van der Waals surface area contributed by atoms with Gasteiger partial charge in [0.25, 0.3) is 5.91 Å². The van der Waals surface area contributed by atoms with Gasteiger partial charge in [0.1, 0.15) is 5.82 Å². The zero-order valence-corrected chi connectivity index (χ0v) is 11.0. The molecule has 0 aliphatic heterocycles. The highest BCUT2D eigenvalue weighted by Gasteiger charge is 2.27. The van der Waals surface area contributed by atoms with Crippen LogP contribution in [-0.2, 0) is 6.54 Å². The zero-order valence-electron chi connectivity index (χ0n) is 11.0. The summed E-state index contributed by atoms with van der Waals surface area (Å²) < 4.78 is 2.09. The molecule has 0 unspecified atom stereocenters. The van der Waals surface area contributed by atoms with Crippen LogP contribution in [0.25, 0.3) is 0 Å².